The molecule has 0 radical (unpaired) electrons. The minimum Gasteiger partial charge on any atom is -0.454 e. The van der Waals surface area contributed by atoms with Crippen molar-refractivity contribution in [1.82, 2.24) is 14.3 Å². The van der Waals surface area contributed by atoms with Crippen LogP contribution in [0.5, 0.6) is 0 Å². The fraction of sp³-hybridized carbons (Fsp3) is 0.185. The van der Waals surface area contributed by atoms with Crippen LogP contribution in [0.3, 0.4) is 0 Å². The van der Waals surface area contributed by atoms with Crippen LogP contribution in [0.2, 0.25) is 0 Å². The summed E-state index contributed by atoms with van der Waals surface area (Å²) in [5.41, 5.74) is 11.4. The Labute approximate surface area is 191 Å². The Hall–Kier alpha value is -3.90. The first-order chi connectivity index (χ1) is 16.2. The minimum absolute atomic E-state index is 0.0499. The van der Waals surface area contributed by atoms with Crippen molar-refractivity contribution in [3.63, 3.8) is 0 Å². The Morgan fingerprint density at radius 3 is 2.67 bits per heavy atom. The third kappa shape index (κ3) is 3.58. The summed E-state index contributed by atoms with van der Waals surface area (Å²) in [6, 6.07) is 21.9. The molecular formula is C27H24N4O2. The largest absolute Gasteiger partial charge is 0.454 e. The highest BCUT2D eigenvalue weighted by Crippen LogP contribution is 2.30. The van der Waals surface area contributed by atoms with E-state index in [1.54, 1.807) is 0 Å². The van der Waals surface area contributed by atoms with Gasteiger partial charge < -0.3 is 15.1 Å². The van der Waals surface area contributed by atoms with Crippen LogP contribution >= 0.6 is 0 Å². The van der Waals surface area contributed by atoms with Crippen molar-refractivity contribution in [3.05, 3.63) is 84.7 Å². The maximum Gasteiger partial charge on any atom is 0.253 e. The highest BCUT2D eigenvalue weighted by atomic mass is 16.3. The van der Waals surface area contributed by atoms with Crippen LogP contribution < -0.4 is 5.73 Å². The number of carbonyl (C=O) groups is 1. The third-order valence-electron chi connectivity index (χ3n) is 6.39. The highest BCUT2D eigenvalue weighted by Gasteiger charge is 2.22. The Morgan fingerprint density at radius 2 is 1.85 bits per heavy atom. The van der Waals surface area contributed by atoms with E-state index in [1.807, 2.05) is 82.2 Å². The van der Waals surface area contributed by atoms with Crippen LogP contribution in [0.1, 0.15) is 23.2 Å². The van der Waals surface area contributed by atoms with Crippen molar-refractivity contribution >= 4 is 22.5 Å². The second-order valence-corrected chi connectivity index (χ2v) is 8.67. The molecule has 1 atom stereocenters. The van der Waals surface area contributed by atoms with Crippen molar-refractivity contribution in [3.8, 4) is 22.6 Å². The molecule has 1 aliphatic heterocycles. The summed E-state index contributed by atoms with van der Waals surface area (Å²) in [4.78, 5) is 19.3. The maximum absolute atomic E-state index is 12.9. The van der Waals surface area contributed by atoms with E-state index in [0.717, 1.165) is 58.6 Å². The molecule has 164 valence electrons. The minimum atomic E-state index is 0.0499. The van der Waals surface area contributed by atoms with Crippen LogP contribution in [-0.2, 0) is 0 Å². The summed E-state index contributed by atoms with van der Waals surface area (Å²) in [5.74, 6) is 0.829. The highest BCUT2D eigenvalue weighted by molar-refractivity contribution is 5.95. The lowest BCUT2D eigenvalue weighted by atomic mass is 10.0. The first-order valence-corrected chi connectivity index (χ1v) is 11.3. The quantitative estimate of drug-likeness (QED) is 0.433. The maximum atomic E-state index is 12.9. The number of imidazole rings is 1. The first kappa shape index (κ1) is 19.8. The number of hydrogen-bond donors (Lipinski definition) is 1. The molecular weight excluding hydrogens is 412 g/mol. The van der Waals surface area contributed by atoms with E-state index in [4.69, 9.17) is 10.2 Å². The number of pyridine rings is 1. The van der Waals surface area contributed by atoms with Crippen molar-refractivity contribution in [2.24, 2.45) is 5.73 Å². The van der Waals surface area contributed by atoms with E-state index in [9.17, 15) is 4.79 Å². The van der Waals surface area contributed by atoms with Crippen molar-refractivity contribution in [2.75, 3.05) is 13.1 Å². The van der Waals surface area contributed by atoms with Gasteiger partial charge in [0.25, 0.3) is 5.91 Å². The number of nitrogens with two attached hydrogens (primary N) is 1. The lowest BCUT2D eigenvalue weighted by Gasteiger charge is -2.30. The van der Waals surface area contributed by atoms with Gasteiger partial charge in [-0.15, -0.1) is 0 Å². The fourth-order valence-electron chi connectivity index (χ4n) is 4.62. The fourth-order valence-corrected chi connectivity index (χ4v) is 4.62. The second kappa shape index (κ2) is 7.90. The molecule has 1 saturated heterocycles. The van der Waals surface area contributed by atoms with Gasteiger partial charge in [0.1, 0.15) is 16.9 Å². The molecule has 4 heterocycles. The van der Waals surface area contributed by atoms with E-state index in [-0.39, 0.29) is 11.9 Å². The first-order valence-electron chi connectivity index (χ1n) is 11.3. The number of likely N-dealkylation sites (tertiary alicyclic amines) is 1. The molecule has 1 fully saturated rings. The van der Waals surface area contributed by atoms with Gasteiger partial charge in [-0.05, 0) is 60.4 Å². The van der Waals surface area contributed by atoms with E-state index < -0.39 is 0 Å². The molecule has 2 N–H and O–H groups in total. The van der Waals surface area contributed by atoms with Gasteiger partial charge in [0, 0.05) is 36.3 Å². The Balaban J connectivity index is 1.31. The molecule has 0 unspecified atom stereocenters. The molecule has 33 heavy (non-hydrogen) atoms. The molecule has 2 aromatic carbocycles. The smallest absolute Gasteiger partial charge is 0.253 e. The van der Waals surface area contributed by atoms with E-state index in [1.165, 1.54) is 0 Å². The number of hydrogen-bond acceptors (Lipinski definition) is 4. The summed E-state index contributed by atoms with van der Waals surface area (Å²) in [6.45, 7) is 1.40. The van der Waals surface area contributed by atoms with Crippen LogP contribution in [0, 0.1) is 0 Å². The summed E-state index contributed by atoms with van der Waals surface area (Å²) in [5, 5.41) is 1.06. The zero-order valence-corrected chi connectivity index (χ0v) is 18.1. The predicted molar refractivity (Wildman–Crippen MR) is 129 cm³/mol. The van der Waals surface area contributed by atoms with Gasteiger partial charge >= 0.3 is 0 Å². The van der Waals surface area contributed by atoms with E-state index in [2.05, 4.69) is 11.2 Å². The molecule has 0 saturated carbocycles. The number of aromatic nitrogens is 2. The van der Waals surface area contributed by atoms with Gasteiger partial charge in [-0.2, -0.15) is 0 Å². The van der Waals surface area contributed by atoms with Gasteiger partial charge in [-0.25, -0.2) is 4.98 Å². The Kier molecular flexibility index (Phi) is 4.73. The molecule has 5 aromatic rings. The number of benzene rings is 2. The number of fused-ring (bicyclic) bond motifs is 2. The predicted octanol–water partition coefficient (Wildman–Crippen LogP) is 4.98. The summed E-state index contributed by atoms with van der Waals surface area (Å²) in [6.07, 6.45) is 5.84. The zero-order valence-electron chi connectivity index (χ0n) is 18.1. The molecule has 0 aliphatic carbocycles. The topological polar surface area (TPSA) is 76.8 Å². The van der Waals surface area contributed by atoms with Gasteiger partial charge in [0.05, 0.1) is 6.20 Å². The molecule has 1 amide bonds. The SMILES string of the molecule is N[C@@H]1CCCN(C(=O)c2ccc(-c3ccc4ncc(-c5cc6ccccc6o5)n4c3)cc2)C1. The summed E-state index contributed by atoms with van der Waals surface area (Å²) < 4.78 is 8.10. The number of piperidine rings is 1. The number of rotatable bonds is 3. The number of amides is 1. The third-order valence-corrected chi connectivity index (χ3v) is 6.39. The Bertz CT molecular complexity index is 1430. The second-order valence-electron chi connectivity index (χ2n) is 8.67. The molecule has 1 aliphatic rings. The monoisotopic (exact) mass is 436 g/mol. The molecule has 0 bridgehead atoms. The summed E-state index contributed by atoms with van der Waals surface area (Å²) >= 11 is 0. The normalized spacial score (nSPS) is 16.5. The van der Waals surface area contributed by atoms with Gasteiger partial charge in [-0.1, -0.05) is 30.3 Å². The standard InChI is InChI=1S/C27H24N4O2/c28-22-5-3-13-30(17-22)27(32)19-9-7-18(8-10-19)21-11-12-26-29-15-23(31(26)16-21)25-14-20-4-1-2-6-24(20)33-25/h1-2,4,6-12,14-16,22H,3,5,13,17,28H2/t22-/m1/s1. The number of furan rings is 1. The average Bonchev–Trinajstić information content (AvgIpc) is 3.47. The molecule has 6 nitrogen and oxygen atoms in total. The number of nitrogens with zero attached hydrogens (tertiary/aromatic N) is 3. The van der Waals surface area contributed by atoms with E-state index in [0.29, 0.717) is 12.1 Å². The Morgan fingerprint density at radius 1 is 1.03 bits per heavy atom. The molecule has 6 rings (SSSR count). The number of para-hydroxylation sites is 1. The van der Waals surface area contributed by atoms with Crippen molar-refractivity contribution < 1.29 is 9.21 Å². The van der Waals surface area contributed by atoms with Gasteiger partial charge in [0.15, 0.2) is 5.76 Å². The van der Waals surface area contributed by atoms with Crippen molar-refractivity contribution in [2.45, 2.75) is 18.9 Å². The van der Waals surface area contributed by atoms with Gasteiger partial charge in [0.2, 0.25) is 0 Å². The van der Waals surface area contributed by atoms with Crippen LogP contribution in [0.4, 0.5) is 0 Å². The van der Waals surface area contributed by atoms with Gasteiger partial charge in [-0.3, -0.25) is 9.20 Å². The summed E-state index contributed by atoms with van der Waals surface area (Å²) in [7, 11) is 0. The molecule has 0 spiro atoms. The molecule has 3 aromatic heterocycles. The van der Waals surface area contributed by atoms with Crippen LogP contribution in [-0.4, -0.2) is 39.3 Å². The van der Waals surface area contributed by atoms with Crippen molar-refractivity contribution in [1.29, 1.82) is 0 Å². The average molecular weight is 437 g/mol. The van der Waals surface area contributed by atoms with E-state index >= 15 is 0 Å². The zero-order chi connectivity index (χ0) is 22.4. The number of carbonyl (C=O) groups excluding carboxylic acids is 1. The lowest BCUT2D eigenvalue weighted by molar-refractivity contribution is 0.0709. The lowest BCUT2D eigenvalue weighted by Crippen LogP contribution is -2.45. The van der Waals surface area contributed by atoms with Crippen LogP contribution in [0.15, 0.2) is 83.5 Å². The van der Waals surface area contributed by atoms with Crippen LogP contribution in [0.25, 0.3) is 39.2 Å². The molecule has 6 heteroatoms.